The summed E-state index contributed by atoms with van der Waals surface area (Å²) < 4.78 is 1.32. The maximum Gasteiger partial charge on any atom is 0.0531 e. The van der Waals surface area contributed by atoms with E-state index in [2.05, 4.69) is 59.2 Å². The van der Waals surface area contributed by atoms with Gasteiger partial charge >= 0.3 is 0 Å². The molecular formula is C16H16N2S. The number of fused-ring (bicyclic) bond motifs is 1. The fourth-order valence-electron chi connectivity index (χ4n) is 2.11. The van der Waals surface area contributed by atoms with Gasteiger partial charge in [-0.15, -0.1) is 11.3 Å². The van der Waals surface area contributed by atoms with Crippen molar-refractivity contribution in [3.05, 3.63) is 65.0 Å². The molecule has 0 unspecified atom stereocenters. The smallest absolute Gasteiger partial charge is 0.0531 e. The maximum atomic E-state index is 5.60. The SMILES string of the molecule is NCc1ccc(CNc2csc3ccccc23)cc1. The molecular weight excluding hydrogens is 252 g/mol. The zero-order chi connectivity index (χ0) is 13.1. The maximum absolute atomic E-state index is 5.60. The molecule has 96 valence electrons. The van der Waals surface area contributed by atoms with Crippen LogP contribution in [-0.2, 0) is 13.1 Å². The molecule has 0 aliphatic carbocycles. The molecule has 0 aliphatic heterocycles. The Labute approximate surface area is 116 Å². The Morgan fingerprint density at radius 3 is 2.47 bits per heavy atom. The number of hydrogen-bond acceptors (Lipinski definition) is 3. The van der Waals surface area contributed by atoms with E-state index in [1.807, 2.05) is 0 Å². The van der Waals surface area contributed by atoms with Gasteiger partial charge in [-0.1, -0.05) is 42.5 Å². The van der Waals surface area contributed by atoms with Gasteiger partial charge in [0, 0.05) is 28.6 Å². The van der Waals surface area contributed by atoms with Crippen molar-refractivity contribution in [3.63, 3.8) is 0 Å². The van der Waals surface area contributed by atoms with Crippen molar-refractivity contribution in [2.45, 2.75) is 13.1 Å². The van der Waals surface area contributed by atoms with Crippen LogP contribution in [0, 0.1) is 0 Å². The van der Waals surface area contributed by atoms with Gasteiger partial charge in [0.05, 0.1) is 5.69 Å². The average molecular weight is 268 g/mol. The topological polar surface area (TPSA) is 38.0 Å². The molecule has 19 heavy (non-hydrogen) atoms. The predicted molar refractivity (Wildman–Crippen MR) is 83.5 cm³/mol. The number of anilines is 1. The van der Waals surface area contributed by atoms with Crippen LogP contribution in [0.5, 0.6) is 0 Å². The zero-order valence-corrected chi connectivity index (χ0v) is 11.4. The average Bonchev–Trinajstić information content (AvgIpc) is 2.89. The van der Waals surface area contributed by atoms with Crippen molar-refractivity contribution >= 4 is 27.1 Å². The van der Waals surface area contributed by atoms with Crippen molar-refractivity contribution in [2.75, 3.05) is 5.32 Å². The van der Waals surface area contributed by atoms with Gasteiger partial charge in [0.15, 0.2) is 0 Å². The monoisotopic (exact) mass is 268 g/mol. The first-order valence-electron chi connectivity index (χ1n) is 6.35. The lowest BCUT2D eigenvalue weighted by Crippen LogP contribution is -2.00. The molecule has 3 N–H and O–H groups in total. The van der Waals surface area contributed by atoms with Crippen molar-refractivity contribution < 1.29 is 0 Å². The van der Waals surface area contributed by atoms with Crippen LogP contribution in [0.1, 0.15) is 11.1 Å². The van der Waals surface area contributed by atoms with Crippen LogP contribution in [0.3, 0.4) is 0 Å². The number of hydrogen-bond donors (Lipinski definition) is 2. The summed E-state index contributed by atoms with van der Waals surface area (Å²) in [5, 5.41) is 6.98. The van der Waals surface area contributed by atoms with Crippen LogP contribution in [0.15, 0.2) is 53.9 Å². The molecule has 1 heterocycles. The molecule has 2 aromatic carbocycles. The standard InChI is InChI=1S/C16H16N2S/c17-9-12-5-7-13(8-6-12)10-18-15-11-19-16-4-2-1-3-14(15)16/h1-8,11,18H,9-10,17H2. The minimum Gasteiger partial charge on any atom is -0.380 e. The van der Waals surface area contributed by atoms with E-state index >= 15 is 0 Å². The lowest BCUT2D eigenvalue weighted by Gasteiger charge is -2.06. The van der Waals surface area contributed by atoms with Crippen LogP contribution in [0.2, 0.25) is 0 Å². The third-order valence-corrected chi connectivity index (χ3v) is 4.19. The zero-order valence-electron chi connectivity index (χ0n) is 10.6. The number of thiophene rings is 1. The Hall–Kier alpha value is -1.84. The predicted octanol–water partition coefficient (Wildman–Crippen LogP) is 3.97. The Balaban J connectivity index is 1.74. The number of rotatable bonds is 4. The van der Waals surface area contributed by atoms with Crippen molar-refractivity contribution in [1.29, 1.82) is 0 Å². The van der Waals surface area contributed by atoms with Crippen molar-refractivity contribution in [2.24, 2.45) is 5.73 Å². The summed E-state index contributed by atoms with van der Waals surface area (Å²) in [5.41, 5.74) is 9.25. The minimum absolute atomic E-state index is 0.600. The Bertz CT molecular complexity index is 671. The molecule has 0 bridgehead atoms. The molecule has 0 spiro atoms. The second kappa shape index (κ2) is 5.43. The van der Waals surface area contributed by atoms with Gasteiger partial charge in [-0.2, -0.15) is 0 Å². The number of nitrogens with two attached hydrogens (primary N) is 1. The van der Waals surface area contributed by atoms with Crippen LogP contribution in [0.4, 0.5) is 5.69 Å². The highest BCUT2D eigenvalue weighted by Gasteiger charge is 2.02. The molecule has 0 saturated carbocycles. The Morgan fingerprint density at radius 2 is 1.68 bits per heavy atom. The summed E-state index contributed by atoms with van der Waals surface area (Å²) in [7, 11) is 0. The molecule has 0 atom stereocenters. The van der Waals surface area contributed by atoms with E-state index < -0.39 is 0 Å². The largest absolute Gasteiger partial charge is 0.380 e. The minimum atomic E-state index is 0.600. The molecule has 0 aliphatic rings. The van der Waals surface area contributed by atoms with Gasteiger partial charge in [-0.3, -0.25) is 0 Å². The molecule has 2 nitrogen and oxygen atoms in total. The van der Waals surface area contributed by atoms with Gasteiger partial charge in [-0.05, 0) is 17.2 Å². The Kier molecular flexibility index (Phi) is 3.49. The summed E-state index contributed by atoms with van der Waals surface area (Å²) in [5.74, 6) is 0. The highest BCUT2D eigenvalue weighted by atomic mass is 32.1. The van der Waals surface area contributed by atoms with Gasteiger partial charge < -0.3 is 11.1 Å². The van der Waals surface area contributed by atoms with E-state index in [-0.39, 0.29) is 0 Å². The summed E-state index contributed by atoms with van der Waals surface area (Å²) in [6, 6.07) is 16.9. The highest BCUT2D eigenvalue weighted by Crippen LogP contribution is 2.30. The van der Waals surface area contributed by atoms with Gasteiger partial charge in [-0.25, -0.2) is 0 Å². The van der Waals surface area contributed by atoms with Crippen molar-refractivity contribution in [3.8, 4) is 0 Å². The summed E-state index contributed by atoms with van der Waals surface area (Å²) in [4.78, 5) is 0. The van der Waals surface area contributed by atoms with Gasteiger partial charge in [0.25, 0.3) is 0 Å². The molecule has 0 saturated heterocycles. The normalized spacial score (nSPS) is 10.8. The third kappa shape index (κ3) is 2.62. The van der Waals surface area contributed by atoms with Gasteiger partial charge in [0.1, 0.15) is 0 Å². The molecule has 3 aromatic rings. The third-order valence-electron chi connectivity index (χ3n) is 3.22. The lowest BCUT2D eigenvalue weighted by atomic mass is 10.1. The molecule has 0 fully saturated rings. The second-order valence-electron chi connectivity index (χ2n) is 4.52. The molecule has 0 radical (unpaired) electrons. The van der Waals surface area contributed by atoms with E-state index in [0.717, 1.165) is 6.54 Å². The van der Waals surface area contributed by atoms with Crippen molar-refractivity contribution in [1.82, 2.24) is 0 Å². The first kappa shape index (κ1) is 12.2. The van der Waals surface area contributed by atoms with E-state index in [9.17, 15) is 0 Å². The van der Waals surface area contributed by atoms with E-state index in [1.165, 1.54) is 26.9 Å². The summed E-state index contributed by atoms with van der Waals surface area (Å²) >= 11 is 1.78. The summed E-state index contributed by atoms with van der Waals surface area (Å²) in [6.07, 6.45) is 0. The molecule has 3 heteroatoms. The molecule has 0 amide bonds. The quantitative estimate of drug-likeness (QED) is 0.751. The number of benzene rings is 2. The first-order valence-corrected chi connectivity index (χ1v) is 7.23. The fourth-order valence-corrected chi connectivity index (χ4v) is 3.02. The van der Waals surface area contributed by atoms with E-state index in [1.54, 1.807) is 11.3 Å². The number of nitrogens with one attached hydrogen (secondary N) is 1. The van der Waals surface area contributed by atoms with Crippen LogP contribution in [0.25, 0.3) is 10.1 Å². The second-order valence-corrected chi connectivity index (χ2v) is 5.43. The molecule has 3 rings (SSSR count). The first-order chi connectivity index (χ1) is 9.36. The van der Waals surface area contributed by atoms with E-state index in [0.29, 0.717) is 6.54 Å². The van der Waals surface area contributed by atoms with Crippen LogP contribution < -0.4 is 11.1 Å². The lowest BCUT2D eigenvalue weighted by molar-refractivity contribution is 1.06. The molecule has 1 aromatic heterocycles. The fraction of sp³-hybridized carbons (Fsp3) is 0.125. The van der Waals surface area contributed by atoms with E-state index in [4.69, 9.17) is 5.73 Å². The van der Waals surface area contributed by atoms with Crippen LogP contribution in [-0.4, -0.2) is 0 Å². The van der Waals surface area contributed by atoms with Crippen LogP contribution >= 0.6 is 11.3 Å². The Morgan fingerprint density at radius 1 is 0.947 bits per heavy atom. The highest BCUT2D eigenvalue weighted by molar-refractivity contribution is 7.17. The summed E-state index contributed by atoms with van der Waals surface area (Å²) in [6.45, 7) is 1.44. The van der Waals surface area contributed by atoms with Gasteiger partial charge in [0.2, 0.25) is 0 Å².